The largest absolute Gasteiger partial charge is 0.330 e. The highest BCUT2D eigenvalue weighted by molar-refractivity contribution is 7.80. The number of non-ortho nitro benzene ring substituents is 1. The molecule has 1 amide bonds. The van der Waals surface area contributed by atoms with E-state index in [1.807, 2.05) is 6.07 Å². The molecule has 0 saturated heterocycles. The Hall–Kier alpha value is -2.87. The van der Waals surface area contributed by atoms with Gasteiger partial charge in [-0.05, 0) is 23.8 Å². The van der Waals surface area contributed by atoms with E-state index in [1.165, 1.54) is 0 Å². The summed E-state index contributed by atoms with van der Waals surface area (Å²) in [5.41, 5.74) is 0.339. The lowest BCUT2D eigenvalue weighted by molar-refractivity contribution is -0.384. The van der Waals surface area contributed by atoms with Crippen LogP contribution in [-0.4, -0.2) is 15.9 Å². The van der Waals surface area contributed by atoms with Crippen LogP contribution < -0.4 is 10.6 Å². The van der Waals surface area contributed by atoms with E-state index in [1.54, 1.807) is 24.3 Å². The van der Waals surface area contributed by atoms with Gasteiger partial charge in [0.15, 0.2) is 5.11 Å². The molecule has 0 heterocycles. The molecule has 0 radical (unpaired) electrons. The van der Waals surface area contributed by atoms with E-state index >= 15 is 0 Å². The zero-order chi connectivity index (χ0) is 16.8. The van der Waals surface area contributed by atoms with Crippen LogP contribution in [0, 0.1) is 15.9 Å². The summed E-state index contributed by atoms with van der Waals surface area (Å²) >= 11 is 4.92. The molecule has 23 heavy (non-hydrogen) atoms. The highest BCUT2D eigenvalue weighted by Crippen LogP contribution is 2.21. The number of nitro benzene ring substituents is 1. The SMILES string of the molecule is O=C(Cc1ccccc1)NC(=S)Nc1cc([N+](=O)[O-])ccc1F. The van der Waals surface area contributed by atoms with Crippen molar-refractivity contribution in [2.75, 3.05) is 5.32 Å². The number of hydrogen-bond donors (Lipinski definition) is 2. The maximum Gasteiger partial charge on any atom is 0.271 e. The summed E-state index contributed by atoms with van der Waals surface area (Å²) in [6.45, 7) is 0. The normalized spacial score (nSPS) is 9.96. The molecule has 0 aliphatic carbocycles. The Balaban J connectivity index is 1.98. The van der Waals surface area contributed by atoms with Gasteiger partial charge in [0.1, 0.15) is 5.82 Å². The maximum absolute atomic E-state index is 13.6. The molecule has 2 aromatic carbocycles. The standard InChI is InChI=1S/C15H12FN3O3S/c16-12-7-6-11(19(21)22)9-13(12)17-15(23)18-14(20)8-10-4-2-1-3-5-10/h1-7,9H,8H2,(H2,17,18,20,23). The Morgan fingerprint density at radius 2 is 1.91 bits per heavy atom. The average molecular weight is 333 g/mol. The maximum atomic E-state index is 13.6. The Bertz CT molecular complexity index is 753. The first-order valence-electron chi connectivity index (χ1n) is 6.54. The van der Waals surface area contributed by atoms with Crippen LogP contribution in [0.15, 0.2) is 48.5 Å². The highest BCUT2D eigenvalue weighted by atomic mass is 32.1. The lowest BCUT2D eigenvalue weighted by atomic mass is 10.1. The van der Waals surface area contributed by atoms with Crippen LogP contribution in [-0.2, 0) is 11.2 Å². The average Bonchev–Trinajstić information content (AvgIpc) is 2.50. The predicted octanol–water partition coefficient (Wildman–Crippen LogP) is 2.79. The van der Waals surface area contributed by atoms with Crippen molar-refractivity contribution in [3.8, 4) is 0 Å². The minimum atomic E-state index is -0.713. The highest BCUT2D eigenvalue weighted by Gasteiger charge is 2.13. The third-order valence-electron chi connectivity index (χ3n) is 2.87. The van der Waals surface area contributed by atoms with E-state index in [4.69, 9.17) is 12.2 Å². The molecule has 0 atom stereocenters. The van der Waals surface area contributed by atoms with Crippen LogP contribution in [0.25, 0.3) is 0 Å². The van der Waals surface area contributed by atoms with Crippen LogP contribution >= 0.6 is 12.2 Å². The number of anilines is 1. The summed E-state index contributed by atoms with van der Waals surface area (Å²) in [4.78, 5) is 21.9. The number of benzene rings is 2. The lowest BCUT2D eigenvalue weighted by Gasteiger charge is -2.10. The first kappa shape index (κ1) is 16.5. The Morgan fingerprint density at radius 3 is 2.57 bits per heavy atom. The molecule has 0 unspecified atom stereocenters. The summed E-state index contributed by atoms with van der Waals surface area (Å²) in [7, 11) is 0. The molecule has 0 aliphatic rings. The zero-order valence-corrected chi connectivity index (χ0v) is 12.6. The summed E-state index contributed by atoms with van der Waals surface area (Å²) in [6.07, 6.45) is 0.111. The second-order valence-electron chi connectivity index (χ2n) is 4.59. The number of amides is 1. The second kappa shape index (κ2) is 7.41. The fourth-order valence-electron chi connectivity index (χ4n) is 1.83. The van der Waals surface area contributed by atoms with Crippen LogP contribution in [0.5, 0.6) is 0 Å². The molecule has 118 valence electrons. The van der Waals surface area contributed by atoms with Crippen LogP contribution in [0.1, 0.15) is 5.56 Å². The van der Waals surface area contributed by atoms with Gasteiger partial charge in [0.2, 0.25) is 5.91 Å². The molecule has 0 bridgehead atoms. The van der Waals surface area contributed by atoms with Gasteiger partial charge in [-0.1, -0.05) is 30.3 Å². The summed E-state index contributed by atoms with van der Waals surface area (Å²) in [5, 5.41) is 15.4. The number of thiocarbonyl (C=S) groups is 1. The summed E-state index contributed by atoms with van der Waals surface area (Å²) < 4.78 is 13.6. The minimum Gasteiger partial charge on any atom is -0.330 e. The fraction of sp³-hybridized carbons (Fsp3) is 0.0667. The van der Waals surface area contributed by atoms with Gasteiger partial charge in [-0.25, -0.2) is 4.39 Å². The van der Waals surface area contributed by atoms with Crippen molar-refractivity contribution in [3.05, 3.63) is 70.0 Å². The molecule has 6 nitrogen and oxygen atoms in total. The van der Waals surface area contributed by atoms with Crippen molar-refractivity contribution in [1.29, 1.82) is 0 Å². The quantitative estimate of drug-likeness (QED) is 0.511. The number of carbonyl (C=O) groups excluding carboxylic acids is 1. The first-order chi connectivity index (χ1) is 11.0. The smallest absolute Gasteiger partial charge is 0.271 e. The Labute approximate surface area is 136 Å². The molecule has 0 aliphatic heterocycles. The molecule has 2 rings (SSSR count). The number of rotatable bonds is 4. The number of nitro groups is 1. The number of nitrogens with one attached hydrogen (secondary N) is 2. The topological polar surface area (TPSA) is 84.3 Å². The Kier molecular flexibility index (Phi) is 5.32. The second-order valence-corrected chi connectivity index (χ2v) is 4.99. The molecule has 2 N–H and O–H groups in total. The van der Waals surface area contributed by atoms with Crippen LogP contribution in [0.2, 0.25) is 0 Å². The molecule has 8 heteroatoms. The van der Waals surface area contributed by atoms with E-state index in [0.29, 0.717) is 0 Å². The number of carbonyl (C=O) groups is 1. The summed E-state index contributed by atoms with van der Waals surface area (Å²) in [5.74, 6) is -1.09. The van der Waals surface area contributed by atoms with Crippen molar-refractivity contribution in [2.24, 2.45) is 0 Å². The third-order valence-corrected chi connectivity index (χ3v) is 3.07. The van der Waals surface area contributed by atoms with Gasteiger partial charge in [0.05, 0.1) is 17.0 Å². The van der Waals surface area contributed by atoms with Gasteiger partial charge in [-0.3, -0.25) is 14.9 Å². The van der Waals surface area contributed by atoms with Crippen molar-refractivity contribution < 1.29 is 14.1 Å². The molecule has 0 fully saturated rings. The van der Waals surface area contributed by atoms with Crippen LogP contribution in [0.4, 0.5) is 15.8 Å². The van der Waals surface area contributed by atoms with Gasteiger partial charge in [-0.15, -0.1) is 0 Å². The van der Waals surface area contributed by atoms with Gasteiger partial charge in [-0.2, -0.15) is 0 Å². The molecule has 0 aromatic heterocycles. The van der Waals surface area contributed by atoms with Gasteiger partial charge < -0.3 is 10.6 Å². The zero-order valence-electron chi connectivity index (χ0n) is 11.8. The van der Waals surface area contributed by atoms with Crippen molar-refractivity contribution in [3.63, 3.8) is 0 Å². The van der Waals surface area contributed by atoms with E-state index in [2.05, 4.69) is 10.6 Å². The van der Waals surface area contributed by atoms with Crippen LogP contribution in [0.3, 0.4) is 0 Å². The molecular formula is C15H12FN3O3S. The number of halogens is 1. The molecular weight excluding hydrogens is 321 g/mol. The van der Waals surface area contributed by atoms with E-state index in [9.17, 15) is 19.3 Å². The molecule has 2 aromatic rings. The van der Waals surface area contributed by atoms with E-state index in [-0.39, 0.29) is 28.8 Å². The third kappa shape index (κ3) is 4.82. The number of hydrogen-bond acceptors (Lipinski definition) is 4. The van der Waals surface area contributed by atoms with Crippen molar-refractivity contribution in [2.45, 2.75) is 6.42 Å². The predicted molar refractivity (Wildman–Crippen MR) is 87.6 cm³/mol. The minimum absolute atomic E-state index is 0.111. The summed E-state index contributed by atoms with van der Waals surface area (Å²) in [6, 6.07) is 12.0. The fourth-order valence-corrected chi connectivity index (χ4v) is 2.05. The Morgan fingerprint density at radius 1 is 1.22 bits per heavy atom. The first-order valence-corrected chi connectivity index (χ1v) is 6.95. The van der Waals surface area contributed by atoms with Crippen molar-refractivity contribution >= 4 is 34.6 Å². The lowest BCUT2D eigenvalue weighted by Crippen LogP contribution is -2.35. The van der Waals surface area contributed by atoms with Gasteiger partial charge in [0, 0.05) is 12.1 Å². The van der Waals surface area contributed by atoms with Gasteiger partial charge in [0.25, 0.3) is 5.69 Å². The monoisotopic (exact) mass is 333 g/mol. The van der Waals surface area contributed by atoms with E-state index < -0.39 is 10.7 Å². The molecule has 0 spiro atoms. The molecule has 0 saturated carbocycles. The number of nitrogens with zero attached hydrogens (tertiary/aromatic N) is 1. The van der Waals surface area contributed by atoms with Crippen molar-refractivity contribution in [1.82, 2.24) is 5.32 Å². The van der Waals surface area contributed by atoms with Gasteiger partial charge >= 0.3 is 0 Å². The van der Waals surface area contributed by atoms with E-state index in [0.717, 1.165) is 23.8 Å².